The van der Waals surface area contributed by atoms with E-state index < -0.39 is 0 Å². The molecular weight excluding hydrogens is 243 g/mol. The van der Waals surface area contributed by atoms with Crippen LogP contribution < -0.4 is 0 Å². The monoisotopic (exact) mass is 256 g/mol. The summed E-state index contributed by atoms with van der Waals surface area (Å²) in [7, 11) is 0. The van der Waals surface area contributed by atoms with Crippen LogP contribution in [0.1, 0.15) is 31.7 Å². The average molecular weight is 257 g/mol. The first-order chi connectivity index (χ1) is 7.63. The molecule has 0 aliphatic carbocycles. The summed E-state index contributed by atoms with van der Waals surface area (Å²) >= 11 is 11.7. The van der Waals surface area contributed by atoms with Crippen LogP contribution in [0.2, 0.25) is 10.0 Å². The van der Waals surface area contributed by atoms with Crippen LogP contribution >= 0.6 is 23.2 Å². The molecule has 0 unspecified atom stereocenters. The molecule has 16 heavy (non-hydrogen) atoms. The van der Waals surface area contributed by atoms with E-state index in [4.69, 9.17) is 23.2 Å². The Morgan fingerprint density at radius 2 is 2.06 bits per heavy atom. The van der Waals surface area contributed by atoms with Crippen LogP contribution in [0.25, 0.3) is 6.08 Å². The average Bonchev–Trinajstić information content (AvgIpc) is 2.28. The Morgan fingerprint density at radius 3 is 2.69 bits per heavy atom. The van der Waals surface area contributed by atoms with Crippen molar-refractivity contribution in [1.82, 2.24) is 0 Å². The van der Waals surface area contributed by atoms with Crippen molar-refractivity contribution in [3.05, 3.63) is 39.9 Å². The summed E-state index contributed by atoms with van der Waals surface area (Å²) in [6.45, 7) is 2.07. The number of hydrogen-bond acceptors (Lipinski definition) is 1. The third-order valence-corrected chi connectivity index (χ3v) is 2.92. The quantitative estimate of drug-likeness (QED) is 0.694. The zero-order valence-corrected chi connectivity index (χ0v) is 10.7. The fraction of sp³-hybridized carbons (Fsp3) is 0.308. The number of unbranched alkanes of at least 4 members (excludes halogenated alkanes) is 1. The second-order valence-corrected chi connectivity index (χ2v) is 4.39. The van der Waals surface area contributed by atoms with Gasteiger partial charge < -0.3 is 0 Å². The molecule has 0 amide bonds. The van der Waals surface area contributed by atoms with Gasteiger partial charge in [0.1, 0.15) is 0 Å². The maximum atomic E-state index is 11.4. The molecule has 0 saturated carbocycles. The molecule has 3 heteroatoms. The predicted octanol–water partition coefficient (Wildman–Crippen LogP) is 4.77. The number of carbonyl (C=O) groups excluding carboxylic acids is 1. The van der Waals surface area contributed by atoms with E-state index in [-0.39, 0.29) is 5.78 Å². The van der Waals surface area contributed by atoms with Gasteiger partial charge in [-0.2, -0.15) is 0 Å². The van der Waals surface area contributed by atoms with Crippen LogP contribution in [0.15, 0.2) is 24.3 Å². The highest BCUT2D eigenvalue weighted by atomic mass is 35.5. The third-order valence-electron chi connectivity index (χ3n) is 2.18. The maximum Gasteiger partial charge on any atom is 0.155 e. The van der Waals surface area contributed by atoms with Crippen molar-refractivity contribution in [3.63, 3.8) is 0 Å². The molecule has 1 aromatic carbocycles. The van der Waals surface area contributed by atoms with Crippen molar-refractivity contribution < 1.29 is 4.79 Å². The molecule has 1 nitrogen and oxygen atoms in total. The molecule has 0 aliphatic rings. The highest BCUT2D eigenvalue weighted by Gasteiger charge is 1.98. The van der Waals surface area contributed by atoms with Crippen molar-refractivity contribution in [3.8, 4) is 0 Å². The van der Waals surface area contributed by atoms with Crippen LogP contribution in [-0.4, -0.2) is 5.78 Å². The minimum atomic E-state index is 0.146. The maximum absolute atomic E-state index is 11.4. The number of hydrogen-bond donors (Lipinski definition) is 0. The van der Waals surface area contributed by atoms with Crippen LogP contribution in [0.5, 0.6) is 0 Å². The van der Waals surface area contributed by atoms with Crippen LogP contribution in [0.4, 0.5) is 0 Å². The summed E-state index contributed by atoms with van der Waals surface area (Å²) in [5.74, 6) is 0.146. The number of rotatable bonds is 5. The van der Waals surface area contributed by atoms with Gasteiger partial charge in [-0.15, -0.1) is 0 Å². The molecule has 1 aromatic rings. The van der Waals surface area contributed by atoms with Gasteiger partial charge in [0.05, 0.1) is 10.0 Å². The fourth-order valence-electron chi connectivity index (χ4n) is 1.24. The molecule has 0 atom stereocenters. The summed E-state index contributed by atoms with van der Waals surface area (Å²) in [6, 6.07) is 5.30. The Kier molecular flexibility index (Phi) is 5.58. The SMILES string of the molecule is CCCCC(=O)/C=C/c1ccc(Cl)c(Cl)c1. The number of carbonyl (C=O) groups is 1. The number of halogens is 2. The second kappa shape index (κ2) is 6.72. The van der Waals surface area contributed by atoms with Crippen molar-refractivity contribution in [2.45, 2.75) is 26.2 Å². The van der Waals surface area contributed by atoms with E-state index in [1.165, 1.54) is 0 Å². The van der Waals surface area contributed by atoms with E-state index in [0.717, 1.165) is 18.4 Å². The van der Waals surface area contributed by atoms with Gasteiger partial charge in [0.2, 0.25) is 0 Å². The molecule has 1 rings (SSSR count). The van der Waals surface area contributed by atoms with E-state index in [0.29, 0.717) is 16.5 Å². The van der Waals surface area contributed by atoms with Crippen molar-refractivity contribution in [2.24, 2.45) is 0 Å². The first-order valence-corrected chi connectivity index (χ1v) is 6.05. The second-order valence-electron chi connectivity index (χ2n) is 3.58. The number of ketones is 1. The summed E-state index contributed by atoms with van der Waals surface area (Å²) in [5, 5.41) is 1.03. The van der Waals surface area contributed by atoms with Crippen molar-refractivity contribution >= 4 is 35.1 Å². The van der Waals surface area contributed by atoms with Crippen molar-refractivity contribution in [2.75, 3.05) is 0 Å². The molecule has 0 fully saturated rings. The summed E-state index contributed by atoms with van der Waals surface area (Å²) in [5.41, 5.74) is 0.888. The van der Waals surface area contributed by atoms with Gasteiger partial charge in [0.15, 0.2) is 5.78 Å². The van der Waals surface area contributed by atoms with Gasteiger partial charge >= 0.3 is 0 Å². The first kappa shape index (κ1) is 13.3. The van der Waals surface area contributed by atoms with Crippen LogP contribution in [-0.2, 0) is 4.79 Å². The Balaban J connectivity index is 2.62. The highest BCUT2D eigenvalue weighted by Crippen LogP contribution is 2.23. The smallest absolute Gasteiger partial charge is 0.155 e. The summed E-state index contributed by atoms with van der Waals surface area (Å²) < 4.78 is 0. The third kappa shape index (κ3) is 4.38. The summed E-state index contributed by atoms with van der Waals surface area (Å²) in [6.07, 6.45) is 5.93. The number of allylic oxidation sites excluding steroid dienone is 1. The van der Waals surface area contributed by atoms with E-state index in [1.807, 2.05) is 6.07 Å². The van der Waals surface area contributed by atoms with Crippen LogP contribution in [0.3, 0.4) is 0 Å². The zero-order chi connectivity index (χ0) is 12.0. The van der Waals surface area contributed by atoms with Gasteiger partial charge in [-0.1, -0.05) is 48.7 Å². The lowest BCUT2D eigenvalue weighted by Gasteiger charge is -1.97. The lowest BCUT2D eigenvalue weighted by atomic mass is 10.1. The van der Waals surface area contributed by atoms with Gasteiger partial charge in [0.25, 0.3) is 0 Å². The molecule has 0 aliphatic heterocycles. The van der Waals surface area contributed by atoms with Gasteiger partial charge in [-0.3, -0.25) is 4.79 Å². The molecule has 0 spiro atoms. The Labute approximate surface area is 106 Å². The number of benzene rings is 1. The Bertz CT molecular complexity index is 397. The molecule has 86 valence electrons. The molecule has 0 N–H and O–H groups in total. The highest BCUT2D eigenvalue weighted by molar-refractivity contribution is 6.42. The lowest BCUT2D eigenvalue weighted by Crippen LogP contribution is -1.91. The molecular formula is C13H14Cl2O. The molecule has 0 aromatic heterocycles. The zero-order valence-electron chi connectivity index (χ0n) is 9.17. The predicted molar refractivity (Wildman–Crippen MR) is 70.0 cm³/mol. The van der Waals surface area contributed by atoms with Gasteiger partial charge in [-0.25, -0.2) is 0 Å². The van der Waals surface area contributed by atoms with Crippen molar-refractivity contribution in [1.29, 1.82) is 0 Å². The minimum absolute atomic E-state index is 0.146. The fourth-order valence-corrected chi connectivity index (χ4v) is 1.55. The van der Waals surface area contributed by atoms with Gasteiger partial charge in [-0.05, 0) is 30.2 Å². The minimum Gasteiger partial charge on any atom is -0.295 e. The van der Waals surface area contributed by atoms with E-state index in [2.05, 4.69) is 6.92 Å². The van der Waals surface area contributed by atoms with E-state index in [9.17, 15) is 4.79 Å². The van der Waals surface area contributed by atoms with E-state index in [1.54, 1.807) is 24.3 Å². The molecule has 0 radical (unpaired) electrons. The first-order valence-electron chi connectivity index (χ1n) is 5.29. The topological polar surface area (TPSA) is 17.1 Å². The van der Waals surface area contributed by atoms with Crippen LogP contribution in [0, 0.1) is 0 Å². The summed E-state index contributed by atoms with van der Waals surface area (Å²) in [4.78, 5) is 11.4. The normalized spacial score (nSPS) is 10.9. The van der Waals surface area contributed by atoms with Gasteiger partial charge in [0, 0.05) is 6.42 Å². The Hall–Kier alpha value is -0.790. The molecule has 0 heterocycles. The van der Waals surface area contributed by atoms with E-state index >= 15 is 0 Å². The largest absolute Gasteiger partial charge is 0.295 e. The molecule has 0 bridgehead atoms. The lowest BCUT2D eigenvalue weighted by molar-refractivity contribution is -0.114. The standard InChI is InChI=1S/C13H14Cl2O/c1-2-3-4-11(16)7-5-10-6-8-12(14)13(15)9-10/h5-9H,2-4H2,1H3/b7-5+. The molecule has 0 saturated heterocycles. The Morgan fingerprint density at radius 1 is 1.31 bits per heavy atom.